The number of carbonyl (C=O) groups is 1. The van der Waals surface area contributed by atoms with E-state index in [4.69, 9.17) is 5.11 Å². The SMILES string of the molecule is CC(C)CC(NC(c1ccccc1)C(F)(F)F)C(=O)O. The van der Waals surface area contributed by atoms with Crippen molar-refractivity contribution in [1.82, 2.24) is 5.32 Å². The summed E-state index contributed by atoms with van der Waals surface area (Å²) in [5.74, 6) is -1.29. The summed E-state index contributed by atoms with van der Waals surface area (Å²) >= 11 is 0. The second-order valence-electron chi connectivity index (χ2n) is 5.07. The molecule has 1 aromatic carbocycles. The maximum absolute atomic E-state index is 13.1. The maximum Gasteiger partial charge on any atom is 0.407 e. The third-order valence-corrected chi connectivity index (χ3v) is 2.83. The largest absolute Gasteiger partial charge is 0.480 e. The summed E-state index contributed by atoms with van der Waals surface area (Å²) in [5, 5.41) is 11.3. The van der Waals surface area contributed by atoms with Crippen molar-refractivity contribution in [3.05, 3.63) is 35.9 Å². The molecule has 0 aromatic heterocycles. The van der Waals surface area contributed by atoms with Crippen LogP contribution in [-0.2, 0) is 4.79 Å². The molecule has 1 rings (SSSR count). The van der Waals surface area contributed by atoms with E-state index in [1.807, 2.05) is 0 Å². The molecule has 2 unspecified atom stereocenters. The second kappa shape index (κ2) is 6.74. The smallest absolute Gasteiger partial charge is 0.407 e. The number of benzene rings is 1. The molecule has 3 nitrogen and oxygen atoms in total. The van der Waals surface area contributed by atoms with Crippen LogP contribution in [0.1, 0.15) is 31.9 Å². The van der Waals surface area contributed by atoms with Crippen LogP contribution in [0, 0.1) is 5.92 Å². The van der Waals surface area contributed by atoms with E-state index in [1.54, 1.807) is 19.9 Å². The Hall–Kier alpha value is -1.56. The predicted molar refractivity (Wildman–Crippen MR) is 69.3 cm³/mol. The van der Waals surface area contributed by atoms with Crippen LogP contribution in [0.4, 0.5) is 13.2 Å². The van der Waals surface area contributed by atoms with Crippen molar-refractivity contribution in [2.75, 3.05) is 0 Å². The van der Waals surface area contributed by atoms with E-state index in [9.17, 15) is 18.0 Å². The first-order valence-corrected chi connectivity index (χ1v) is 6.32. The highest BCUT2D eigenvalue weighted by Crippen LogP contribution is 2.33. The molecule has 0 heterocycles. The molecule has 2 N–H and O–H groups in total. The van der Waals surface area contributed by atoms with Crippen LogP contribution < -0.4 is 5.32 Å². The number of carboxylic acids is 1. The first kappa shape index (κ1) is 16.5. The summed E-state index contributed by atoms with van der Waals surface area (Å²) in [5.41, 5.74) is 0.00926. The van der Waals surface area contributed by atoms with Crippen molar-refractivity contribution in [3.8, 4) is 0 Å². The van der Waals surface area contributed by atoms with Crippen LogP contribution in [0.25, 0.3) is 0 Å². The van der Waals surface area contributed by atoms with Crippen LogP contribution in [0.15, 0.2) is 30.3 Å². The minimum Gasteiger partial charge on any atom is -0.480 e. The third-order valence-electron chi connectivity index (χ3n) is 2.83. The van der Waals surface area contributed by atoms with Gasteiger partial charge in [-0.25, -0.2) is 0 Å². The van der Waals surface area contributed by atoms with E-state index in [0.29, 0.717) is 0 Å². The molecule has 0 aliphatic heterocycles. The highest BCUT2D eigenvalue weighted by molar-refractivity contribution is 5.73. The Morgan fingerprint density at radius 1 is 1.25 bits per heavy atom. The van der Waals surface area contributed by atoms with Gasteiger partial charge in [-0.15, -0.1) is 0 Å². The molecular formula is C14H18F3NO2. The second-order valence-corrected chi connectivity index (χ2v) is 5.07. The summed E-state index contributed by atoms with van der Waals surface area (Å²) < 4.78 is 39.3. The summed E-state index contributed by atoms with van der Waals surface area (Å²) in [7, 11) is 0. The zero-order chi connectivity index (χ0) is 15.3. The first-order valence-electron chi connectivity index (χ1n) is 6.32. The Morgan fingerprint density at radius 3 is 2.20 bits per heavy atom. The lowest BCUT2D eigenvalue weighted by atomic mass is 10.0. The number of alkyl halides is 3. The molecule has 1 aromatic rings. The number of rotatable bonds is 6. The zero-order valence-electron chi connectivity index (χ0n) is 11.3. The summed E-state index contributed by atoms with van der Waals surface area (Å²) in [4.78, 5) is 11.1. The van der Waals surface area contributed by atoms with E-state index < -0.39 is 24.2 Å². The zero-order valence-corrected chi connectivity index (χ0v) is 11.3. The highest BCUT2D eigenvalue weighted by Gasteiger charge is 2.42. The Bertz CT molecular complexity index is 432. The summed E-state index contributed by atoms with van der Waals surface area (Å²) in [6, 6.07) is 4.05. The lowest BCUT2D eigenvalue weighted by Gasteiger charge is -2.26. The quantitative estimate of drug-likeness (QED) is 0.844. The maximum atomic E-state index is 13.1. The van der Waals surface area contributed by atoms with Crippen molar-refractivity contribution >= 4 is 5.97 Å². The van der Waals surface area contributed by atoms with Crippen molar-refractivity contribution in [2.24, 2.45) is 5.92 Å². The molecule has 0 aliphatic carbocycles. The minimum absolute atomic E-state index is 0.00926. The fourth-order valence-corrected chi connectivity index (χ4v) is 1.94. The van der Waals surface area contributed by atoms with Crippen molar-refractivity contribution in [1.29, 1.82) is 0 Å². The van der Waals surface area contributed by atoms with Gasteiger partial charge in [0.25, 0.3) is 0 Å². The Labute approximate surface area is 115 Å². The van der Waals surface area contributed by atoms with Gasteiger partial charge in [0, 0.05) is 0 Å². The van der Waals surface area contributed by atoms with Crippen LogP contribution in [0.2, 0.25) is 0 Å². The van der Waals surface area contributed by atoms with Gasteiger partial charge in [0.15, 0.2) is 0 Å². The van der Waals surface area contributed by atoms with Gasteiger partial charge in [0.05, 0.1) is 0 Å². The number of aliphatic carboxylic acids is 1. The van der Waals surface area contributed by atoms with E-state index >= 15 is 0 Å². The molecule has 112 valence electrons. The number of nitrogens with one attached hydrogen (secondary N) is 1. The molecule has 20 heavy (non-hydrogen) atoms. The highest BCUT2D eigenvalue weighted by atomic mass is 19.4. The van der Waals surface area contributed by atoms with Gasteiger partial charge < -0.3 is 5.11 Å². The fraction of sp³-hybridized carbons (Fsp3) is 0.500. The van der Waals surface area contributed by atoms with Crippen molar-refractivity contribution in [2.45, 2.75) is 38.5 Å². The lowest BCUT2D eigenvalue weighted by molar-refractivity contribution is -0.163. The van der Waals surface area contributed by atoms with Crippen LogP contribution in [0.3, 0.4) is 0 Å². The molecule has 0 bridgehead atoms. The molecule has 0 fully saturated rings. The van der Waals surface area contributed by atoms with Gasteiger partial charge in [-0.1, -0.05) is 44.2 Å². The van der Waals surface area contributed by atoms with Crippen molar-refractivity contribution in [3.63, 3.8) is 0 Å². The number of halogens is 3. The van der Waals surface area contributed by atoms with E-state index in [-0.39, 0.29) is 17.9 Å². The third kappa shape index (κ3) is 4.85. The number of carboxylic acid groups (broad SMARTS) is 1. The van der Waals surface area contributed by atoms with E-state index in [2.05, 4.69) is 5.32 Å². The van der Waals surface area contributed by atoms with Crippen LogP contribution >= 0.6 is 0 Å². The van der Waals surface area contributed by atoms with Gasteiger partial charge in [-0.05, 0) is 17.9 Å². The summed E-state index contributed by atoms with van der Waals surface area (Å²) in [6.07, 6.45) is -4.42. The molecule has 0 aliphatic rings. The lowest BCUT2D eigenvalue weighted by Crippen LogP contribution is -2.45. The fourth-order valence-electron chi connectivity index (χ4n) is 1.94. The Balaban J connectivity index is 2.98. The molecule has 0 spiro atoms. The first-order chi connectivity index (χ1) is 9.21. The molecule has 0 amide bonds. The average Bonchev–Trinajstić information content (AvgIpc) is 2.33. The van der Waals surface area contributed by atoms with Gasteiger partial charge >= 0.3 is 12.1 Å². The van der Waals surface area contributed by atoms with Crippen LogP contribution in [0.5, 0.6) is 0 Å². The monoisotopic (exact) mass is 289 g/mol. The number of hydrogen-bond donors (Lipinski definition) is 2. The van der Waals surface area contributed by atoms with Gasteiger partial charge in [0.2, 0.25) is 0 Å². The normalized spacial score (nSPS) is 15.1. The van der Waals surface area contributed by atoms with Gasteiger partial charge in [0.1, 0.15) is 12.1 Å². The van der Waals surface area contributed by atoms with E-state index in [0.717, 1.165) is 0 Å². The Kier molecular flexibility index (Phi) is 5.56. The Morgan fingerprint density at radius 2 is 1.80 bits per heavy atom. The molecular weight excluding hydrogens is 271 g/mol. The van der Waals surface area contributed by atoms with Gasteiger partial charge in [-0.3, -0.25) is 10.1 Å². The van der Waals surface area contributed by atoms with E-state index in [1.165, 1.54) is 24.3 Å². The molecule has 0 saturated carbocycles. The van der Waals surface area contributed by atoms with Gasteiger partial charge in [-0.2, -0.15) is 13.2 Å². The topological polar surface area (TPSA) is 49.3 Å². The number of hydrogen-bond acceptors (Lipinski definition) is 2. The average molecular weight is 289 g/mol. The molecule has 0 radical (unpaired) electrons. The predicted octanol–water partition coefficient (Wildman–Crippen LogP) is 3.38. The molecule has 0 saturated heterocycles. The summed E-state index contributed by atoms with van der Waals surface area (Å²) in [6.45, 7) is 3.53. The standard InChI is InChI=1S/C14H18F3NO2/c1-9(2)8-11(13(19)20)18-12(14(15,16)17)10-6-4-3-5-7-10/h3-7,9,11-12,18H,8H2,1-2H3,(H,19,20). The van der Waals surface area contributed by atoms with Crippen LogP contribution in [-0.4, -0.2) is 23.3 Å². The molecule has 2 atom stereocenters. The van der Waals surface area contributed by atoms with Crippen molar-refractivity contribution < 1.29 is 23.1 Å². The minimum atomic E-state index is -4.55. The molecule has 6 heteroatoms.